The van der Waals surface area contributed by atoms with E-state index in [2.05, 4.69) is 20.4 Å². The molecule has 8 rings (SSSR count). The lowest BCUT2D eigenvalue weighted by Crippen LogP contribution is -2.42. The number of aromatic hydroxyl groups is 1. The van der Waals surface area contributed by atoms with Crippen LogP contribution < -0.4 is 10.6 Å². The lowest BCUT2D eigenvalue weighted by molar-refractivity contribution is -0.112. The predicted molar refractivity (Wildman–Crippen MR) is 218 cm³/mol. The van der Waals surface area contributed by atoms with Gasteiger partial charge in [0.15, 0.2) is 11.6 Å². The normalized spacial score (nSPS) is 22.7. The number of benzene rings is 2. The number of phenolic OH excluding ortho intramolecular Hbond substituents is 1. The number of aliphatic hydroxyl groups excluding tert-OH is 1. The van der Waals surface area contributed by atoms with Gasteiger partial charge in [0, 0.05) is 87.6 Å². The van der Waals surface area contributed by atoms with Crippen LogP contribution in [0.2, 0.25) is 5.02 Å². The molecule has 2 aliphatic heterocycles. The van der Waals surface area contributed by atoms with Crippen molar-refractivity contribution >= 4 is 41.1 Å². The molecule has 2 aromatic heterocycles. The molecule has 2 aromatic carbocycles. The number of nitrogens with one attached hydrogen (secondary N) is 2. The van der Waals surface area contributed by atoms with Gasteiger partial charge in [-0.3, -0.25) is 19.4 Å². The number of imidazole rings is 2. The molecule has 14 heteroatoms. The van der Waals surface area contributed by atoms with E-state index in [9.17, 15) is 24.6 Å². The minimum Gasteiger partial charge on any atom is -0.505 e. The van der Waals surface area contributed by atoms with Gasteiger partial charge in [0.05, 0.1) is 33.9 Å². The molecule has 0 bridgehead atoms. The van der Waals surface area contributed by atoms with Crippen LogP contribution in [0.5, 0.6) is 5.75 Å². The molecule has 2 fully saturated rings. The predicted octanol–water partition coefficient (Wildman–Crippen LogP) is 6.10. The topological polar surface area (TPSA) is 158 Å². The Kier molecular flexibility index (Phi) is 11.5. The highest BCUT2D eigenvalue weighted by atomic mass is 35.5. The zero-order chi connectivity index (χ0) is 39.8. The van der Waals surface area contributed by atoms with E-state index in [0.29, 0.717) is 47.7 Å². The Hall–Kier alpha value is -4.56. The average molecular weight is 797 g/mol. The number of aldehydes is 1. The fourth-order valence-corrected chi connectivity index (χ4v) is 9.77. The first-order valence-corrected chi connectivity index (χ1v) is 20.9. The number of para-hydroxylation sites is 1. The Morgan fingerprint density at radius 3 is 2.07 bits per heavy atom. The number of carbonyl (C=O) groups excluding carboxylic acids is 3. The molecule has 0 spiro atoms. The first-order chi connectivity index (χ1) is 27.6. The van der Waals surface area contributed by atoms with E-state index in [-0.39, 0.29) is 40.2 Å². The summed E-state index contributed by atoms with van der Waals surface area (Å²) in [6.45, 7) is 4.12. The Balaban J connectivity index is 0.924. The molecule has 0 unspecified atom stereocenters. The van der Waals surface area contributed by atoms with Crippen molar-refractivity contribution in [2.75, 3.05) is 30.3 Å². The summed E-state index contributed by atoms with van der Waals surface area (Å²) in [5.74, 6) is 0.492. The van der Waals surface area contributed by atoms with Crippen molar-refractivity contribution in [1.82, 2.24) is 28.9 Å². The summed E-state index contributed by atoms with van der Waals surface area (Å²) in [4.78, 5) is 52.9. The summed E-state index contributed by atoms with van der Waals surface area (Å²) in [7, 11) is 3.72. The van der Waals surface area contributed by atoms with E-state index in [4.69, 9.17) is 21.6 Å². The van der Waals surface area contributed by atoms with Gasteiger partial charge in [-0.05, 0) is 82.4 Å². The molecule has 2 saturated carbocycles. The smallest absolute Gasteiger partial charge is 0.291 e. The summed E-state index contributed by atoms with van der Waals surface area (Å²) in [5, 5.41) is 27.5. The van der Waals surface area contributed by atoms with Crippen molar-refractivity contribution in [3.8, 4) is 16.9 Å². The summed E-state index contributed by atoms with van der Waals surface area (Å²) in [5.41, 5.74) is 5.35. The lowest BCUT2D eigenvalue weighted by Gasteiger charge is -2.37. The van der Waals surface area contributed by atoms with E-state index >= 15 is 0 Å². The van der Waals surface area contributed by atoms with Crippen LogP contribution in [0.15, 0.2) is 36.4 Å². The molecule has 0 atom stereocenters. The van der Waals surface area contributed by atoms with E-state index < -0.39 is 5.91 Å². The van der Waals surface area contributed by atoms with Crippen molar-refractivity contribution in [1.29, 1.82) is 0 Å². The highest BCUT2D eigenvalue weighted by Gasteiger charge is 2.32. The number of amides is 2. The molecule has 4 aromatic rings. The van der Waals surface area contributed by atoms with Crippen LogP contribution in [-0.2, 0) is 44.8 Å². The highest BCUT2D eigenvalue weighted by molar-refractivity contribution is 6.36. The van der Waals surface area contributed by atoms with Crippen LogP contribution in [0.4, 0.5) is 11.4 Å². The summed E-state index contributed by atoms with van der Waals surface area (Å²) >= 11 is 6.94. The quantitative estimate of drug-likeness (QED) is 0.110. The molecular formula is C43H53ClN8O5. The van der Waals surface area contributed by atoms with Crippen LogP contribution in [0.3, 0.4) is 0 Å². The van der Waals surface area contributed by atoms with Gasteiger partial charge in [0.25, 0.3) is 11.8 Å². The van der Waals surface area contributed by atoms with Gasteiger partial charge in [-0.1, -0.05) is 35.9 Å². The number of nitrogens with zero attached hydrogens (tertiary/aromatic N) is 6. The Bertz CT molecular complexity index is 2150. The maximum absolute atomic E-state index is 13.7. The average Bonchev–Trinajstić information content (AvgIpc) is 3.74. The molecule has 4 heterocycles. The molecule has 0 radical (unpaired) electrons. The number of halogens is 1. The number of fused-ring (bicyclic) bond motifs is 2. The number of rotatable bonds is 10. The zero-order valence-corrected chi connectivity index (χ0v) is 33.6. The Morgan fingerprint density at radius 2 is 1.40 bits per heavy atom. The second-order valence-corrected chi connectivity index (χ2v) is 16.8. The fraction of sp³-hybridized carbons (Fsp3) is 0.512. The maximum Gasteiger partial charge on any atom is 0.291 e. The van der Waals surface area contributed by atoms with Crippen LogP contribution in [0, 0.1) is 11.8 Å². The van der Waals surface area contributed by atoms with Crippen LogP contribution in [-0.4, -0.2) is 89.0 Å². The number of aromatic nitrogens is 4. The number of phenols is 1. The highest BCUT2D eigenvalue weighted by Crippen LogP contribution is 2.42. The summed E-state index contributed by atoms with van der Waals surface area (Å²) in [6, 6.07) is 10.7. The summed E-state index contributed by atoms with van der Waals surface area (Å²) in [6.07, 6.45) is 11.4. The van der Waals surface area contributed by atoms with E-state index in [0.717, 1.165) is 119 Å². The number of carbonyl (C=O) groups is 3. The Morgan fingerprint density at radius 1 is 0.807 bits per heavy atom. The van der Waals surface area contributed by atoms with Gasteiger partial charge in [0.2, 0.25) is 0 Å². The zero-order valence-electron chi connectivity index (χ0n) is 32.8. The number of hydrogen-bond donors (Lipinski definition) is 4. The molecule has 4 aliphatic rings. The monoisotopic (exact) mass is 796 g/mol. The van der Waals surface area contributed by atoms with Gasteiger partial charge in [0.1, 0.15) is 12.0 Å². The maximum atomic E-state index is 13.7. The standard InChI is InChI=1S/C43H53ClN8O5/c1-49-36-18-21-51(20-17-26-9-11-27(25-53)12-10-26)23-34(36)45-40(49)42(56)47-32-7-3-5-30(38(32)44)31-6-4-8-33(39(31)55)48-43(57)41-46-35-24-52(22-19-37(35)50(41)2)28-13-15-29(54)16-14-28/h3-8,25-29,54-55H,9-24H2,1-2H3,(H,47,56)(H,48,57). The Labute approximate surface area is 338 Å². The molecule has 0 saturated heterocycles. The van der Waals surface area contributed by atoms with Gasteiger partial charge >= 0.3 is 0 Å². The van der Waals surface area contributed by atoms with Crippen LogP contribution in [0.1, 0.15) is 102 Å². The van der Waals surface area contributed by atoms with Crippen molar-refractivity contribution < 1.29 is 24.6 Å². The fourth-order valence-electron chi connectivity index (χ4n) is 9.50. The molecule has 2 amide bonds. The molecule has 13 nitrogen and oxygen atoms in total. The van der Waals surface area contributed by atoms with Gasteiger partial charge in [-0.15, -0.1) is 0 Å². The molecule has 57 heavy (non-hydrogen) atoms. The third-order valence-electron chi connectivity index (χ3n) is 13.0. The largest absolute Gasteiger partial charge is 0.505 e. The van der Waals surface area contributed by atoms with Crippen molar-refractivity contribution in [2.24, 2.45) is 25.9 Å². The van der Waals surface area contributed by atoms with Crippen molar-refractivity contribution in [3.05, 3.63) is 75.8 Å². The minimum atomic E-state index is -0.433. The van der Waals surface area contributed by atoms with Gasteiger partial charge in [-0.2, -0.15) is 0 Å². The number of hydrogen-bond acceptors (Lipinski definition) is 9. The minimum absolute atomic E-state index is 0.157. The molecule has 4 N–H and O–H groups in total. The summed E-state index contributed by atoms with van der Waals surface area (Å²) < 4.78 is 3.71. The number of aliphatic hydroxyl groups is 1. The third kappa shape index (κ3) is 8.12. The van der Waals surface area contributed by atoms with Gasteiger partial charge < -0.3 is 34.8 Å². The second kappa shape index (κ2) is 16.7. The molecular weight excluding hydrogens is 744 g/mol. The third-order valence-corrected chi connectivity index (χ3v) is 13.4. The first kappa shape index (κ1) is 39.3. The van der Waals surface area contributed by atoms with Crippen LogP contribution >= 0.6 is 11.6 Å². The SMILES string of the molecule is Cn1c(C(=O)Nc2cccc(-c3cccc(NC(=O)c4nc5c(n4C)CCN(CCC4CCC(C=O)CC4)C5)c3Cl)c2O)nc2c1CCN(C1CCC(O)CC1)C2. The van der Waals surface area contributed by atoms with Gasteiger partial charge in [-0.25, -0.2) is 9.97 Å². The van der Waals surface area contributed by atoms with E-state index in [1.54, 1.807) is 36.4 Å². The number of anilines is 2. The molecule has 2 aliphatic carbocycles. The van der Waals surface area contributed by atoms with Crippen molar-refractivity contribution in [2.45, 2.75) is 95.9 Å². The first-order valence-electron chi connectivity index (χ1n) is 20.5. The molecule has 302 valence electrons. The van der Waals surface area contributed by atoms with Crippen molar-refractivity contribution in [3.63, 3.8) is 0 Å². The lowest BCUT2D eigenvalue weighted by atomic mass is 9.81. The second-order valence-electron chi connectivity index (χ2n) is 16.5. The van der Waals surface area contributed by atoms with Crippen LogP contribution in [0.25, 0.3) is 11.1 Å². The van der Waals surface area contributed by atoms with E-state index in [1.165, 1.54) is 0 Å². The van der Waals surface area contributed by atoms with E-state index in [1.807, 2.05) is 23.2 Å².